The summed E-state index contributed by atoms with van der Waals surface area (Å²) in [5.74, 6) is -1.04. The second kappa shape index (κ2) is 3.68. The number of carbonyl (C=O) groups is 1. The van der Waals surface area contributed by atoms with Crippen LogP contribution in [0.15, 0.2) is 18.2 Å². The summed E-state index contributed by atoms with van der Waals surface area (Å²) in [6.07, 6.45) is 0. The van der Waals surface area contributed by atoms with Crippen molar-refractivity contribution in [1.29, 1.82) is 0 Å². The summed E-state index contributed by atoms with van der Waals surface area (Å²) in [5, 5.41) is 10.8. The fraction of sp³-hybridized carbons (Fsp3) is 0.385. The Bertz CT molecular complexity index is 649. The van der Waals surface area contributed by atoms with Gasteiger partial charge in [-0.2, -0.15) is 0 Å². The zero-order valence-electron chi connectivity index (χ0n) is 9.98. The molecule has 1 aliphatic rings. The maximum Gasteiger partial charge on any atom is 0.307 e. The van der Waals surface area contributed by atoms with Crippen LogP contribution in [0.1, 0.15) is 24.8 Å². The van der Waals surface area contributed by atoms with Crippen molar-refractivity contribution in [2.75, 3.05) is 0 Å². The van der Waals surface area contributed by atoms with Crippen LogP contribution < -0.4 is 0 Å². The zero-order chi connectivity index (χ0) is 13.1. The number of thiazole rings is 1. The van der Waals surface area contributed by atoms with Gasteiger partial charge in [-0.3, -0.25) is 4.79 Å². The molecule has 2 unspecified atom stereocenters. The number of aromatic nitrogens is 1. The number of carboxylic acid groups (broad SMARTS) is 1. The fourth-order valence-electron chi connectivity index (χ4n) is 2.61. The molecule has 1 heterocycles. The lowest BCUT2D eigenvalue weighted by molar-refractivity contribution is -0.139. The van der Waals surface area contributed by atoms with E-state index in [0.29, 0.717) is 5.02 Å². The molecule has 2 atom stereocenters. The van der Waals surface area contributed by atoms with Gasteiger partial charge in [0.2, 0.25) is 0 Å². The van der Waals surface area contributed by atoms with Gasteiger partial charge in [-0.1, -0.05) is 25.4 Å². The third-order valence-electron chi connectivity index (χ3n) is 3.73. The van der Waals surface area contributed by atoms with Gasteiger partial charge in [-0.25, -0.2) is 4.98 Å². The van der Waals surface area contributed by atoms with Crippen LogP contribution in [0.4, 0.5) is 0 Å². The van der Waals surface area contributed by atoms with Crippen molar-refractivity contribution in [1.82, 2.24) is 4.98 Å². The summed E-state index contributed by atoms with van der Waals surface area (Å²) in [7, 11) is 0. The quantitative estimate of drug-likeness (QED) is 0.911. The second-order valence-electron chi connectivity index (χ2n) is 5.28. The van der Waals surface area contributed by atoms with Crippen molar-refractivity contribution in [3.05, 3.63) is 28.2 Å². The van der Waals surface area contributed by atoms with Crippen LogP contribution in [0.25, 0.3) is 10.2 Å². The average molecular weight is 282 g/mol. The molecule has 3 nitrogen and oxygen atoms in total. The van der Waals surface area contributed by atoms with Gasteiger partial charge in [0.15, 0.2) is 0 Å². The van der Waals surface area contributed by atoms with Gasteiger partial charge >= 0.3 is 5.97 Å². The molecular weight excluding hydrogens is 270 g/mol. The van der Waals surface area contributed by atoms with E-state index in [1.54, 1.807) is 17.4 Å². The van der Waals surface area contributed by atoms with E-state index in [0.717, 1.165) is 15.2 Å². The molecular formula is C13H12ClNO2S. The van der Waals surface area contributed by atoms with Crippen molar-refractivity contribution in [2.45, 2.75) is 19.8 Å². The topological polar surface area (TPSA) is 50.2 Å². The van der Waals surface area contributed by atoms with Crippen LogP contribution in [0.5, 0.6) is 0 Å². The number of aliphatic carboxylic acids is 1. The summed E-state index contributed by atoms with van der Waals surface area (Å²) < 4.78 is 1.02. The number of hydrogen-bond acceptors (Lipinski definition) is 3. The molecule has 3 rings (SSSR count). The first-order valence-electron chi connectivity index (χ1n) is 5.70. The van der Waals surface area contributed by atoms with Crippen LogP contribution >= 0.6 is 22.9 Å². The van der Waals surface area contributed by atoms with Crippen molar-refractivity contribution < 1.29 is 9.90 Å². The van der Waals surface area contributed by atoms with E-state index in [1.165, 1.54) is 0 Å². The van der Waals surface area contributed by atoms with Gasteiger partial charge in [0, 0.05) is 10.9 Å². The van der Waals surface area contributed by atoms with Gasteiger partial charge in [-0.05, 0) is 23.6 Å². The molecule has 94 valence electrons. The Hall–Kier alpha value is -1.13. The third-order valence-corrected chi connectivity index (χ3v) is 5.06. The molecule has 0 spiro atoms. The van der Waals surface area contributed by atoms with E-state index in [9.17, 15) is 9.90 Å². The van der Waals surface area contributed by atoms with Crippen LogP contribution in [0.3, 0.4) is 0 Å². The standard InChI is InChI=1S/C13H12ClNO2S/c1-13(2)9(10(13)12(16)17)11-15-7-4-3-6(14)5-8(7)18-11/h3-5,9-10H,1-2H3,(H,16,17). The number of nitrogens with zero attached hydrogens (tertiary/aromatic N) is 1. The Balaban J connectivity index is 2.04. The molecule has 1 saturated carbocycles. The molecule has 0 amide bonds. The van der Waals surface area contributed by atoms with Crippen LogP contribution in [-0.4, -0.2) is 16.1 Å². The second-order valence-corrected chi connectivity index (χ2v) is 6.78. The van der Waals surface area contributed by atoms with E-state index in [1.807, 2.05) is 26.0 Å². The number of rotatable bonds is 2. The first-order chi connectivity index (χ1) is 8.41. The maximum atomic E-state index is 11.2. The lowest BCUT2D eigenvalue weighted by Crippen LogP contribution is -2.03. The highest BCUT2D eigenvalue weighted by Gasteiger charge is 2.64. The number of hydrogen-bond donors (Lipinski definition) is 1. The molecule has 1 N–H and O–H groups in total. The highest BCUT2D eigenvalue weighted by atomic mass is 35.5. The molecule has 1 aromatic carbocycles. The largest absolute Gasteiger partial charge is 0.481 e. The lowest BCUT2D eigenvalue weighted by atomic mass is 10.1. The predicted octanol–water partition coefficient (Wildman–Crippen LogP) is 3.77. The molecule has 5 heteroatoms. The van der Waals surface area contributed by atoms with Crippen LogP contribution in [0, 0.1) is 11.3 Å². The normalized spacial score (nSPS) is 25.3. The summed E-state index contributed by atoms with van der Waals surface area (Å²) in [6.45, 7) is 3.96. The van der Waals surface area contributed by atoms with E-state index >= 15 is 0 Å². The Morgan fingerprint density at radius 3 is 2.83 bits per heavy atom. The van der Waals surface area contributed by atoms with E-state index in [-0.39, 0.29) is 17.3 Å². The number of fused-ring (bicyclic) bond motifs is 1. The van der Waals surface area contributed by atoms with Gasteiger partial charge in [0.05, 0.1) is 21.1 Å². The summed E-state index contributed by atoms with van der Waals surface area (Å²) in [6, 6.07) is 5.56. The first kappa shape index (κ1) is 11.9. The fourth-order valence-corrected chi connectivity index (χ4v) is 4.19. The Morgan fingerprint density at radius 1 is 1.50 bits per heavy atom. The minimum Gasteiger partial charge on any atom is -0.481 e. The minimum atomic E-state index is -0.734. The highest BCUT2D eigenvalue weighted by molar-refractivity contribution is 7.18. The number of carboxylic acids is 1. The zero-order valence-corrected chi connectivity index (χ0v) is 11.5. The molecule has 0 saturated heterocycles. The average Bonchev–Trinajstić information content (AvgIpc) is 2.66. The van der Waals surface area contributed by atoms with E-state index in [2.05, 4.69) is 4.98 Å². The number of halogens is 1. The molecule has 2 aromatic rings. The van der Waals surface area contributed by atoms with Gasteiger partial charge in [0.25, 0.3) is 0 Å². The smallest absolute Gasteiger partial charge is 0.307 e. The van der Waals surface area contributed by atoms with Gasteiger partial charge in [0.1, 0.15) is 0 Å². The predicted molar refractivity (Wildman–Crippen MR) is 72.3 cm³/mol. The maximum absolute atomic E-state index is 11.2. The third kappa shape index (κ3) is 1.63. The molecule has 0 aliphatic heterocycles. The Kier molecular flexibility index (Phi) is 2.44. The van der Waals surface area contributed by atoms with Crippen LogP contribution in [0.2, 0.25) is 5.02 Å². The number of benzene rings is 1. The van der Waals surface area contributed by atoms with Crippen molar-refractivity contribution in [3.63, 3.8) is 0 Å². The highest BCUT2D eigenvalue weighted by Crippen LogP contribution is 2.65. The van der Waals surface area contributed by atoms with E-state index < -0.39 is 5.97 Å². The van der Waals surface area contributed by atoms with Crippen molar-refractivity contribution >= 4 is 39.1 Å². The van der Waals surface area contributed by atoms with Crippen molar-refractivity contribution in [2.24, 2.45) is 11.3 Å². The molecule has 18 heavy (non-hydrogen) atoms. The SMILES string of the molecule is CC1(C)C(C(=O)O)C1c1nc2ccc(Cl)cc2s1. The van der Waals surface area contributed by atoms with Crippen LogP contribution in [-0.2, 0) is 4.79 Å². The van der Waals surface area contributed by atoms with Gasteiger partial charge in [-0.15, -0.1) is 11.3 Å². The molecule has 1 aliphatic carbocycles. The van der Waals surface area contributed by atoms with E-state index in [4.69, 9.17) is 11.6 Å². The van der Waals surface area contributed by atoms with Crippen molar-refractivity contribution in [3.8, 4) is 0 Å². The summed E-state index contributed by atoms with van der Waals surface area (Å²) in [4.78, 5) is 15.7. The Labute approximate surface area is 113 Å². The lowest BCUT2D eigenvalue weighted by Gasteiger charge is -1.97. The summed E-state index contributed by atoms with van der Waals surface area (Å²) in [5.41, 5.74) is 0.690. The Morgan fingerprint density at radius 2 is 2.22 bits per heavy atom. The monoisotopic (exact) mass is 281 g/mol. The molecule has 0 bridgehead atoms. The molecule has 1 aromatic heterocycles. The minimum absolute atomic E-state index is 0.0196. The first-order valence-corrected chi connectivity index (χ1v) is 6.89. The van der Waals surface area contributed by atoms with Gasteiger partial charge < -0.3 is 5.11 Å². The summed E-state index contributed by atoms with van der Waals surface area (Å²) >= 11 is 7.49. The molecule has 0 radical (unpaired) electrons. The molecule has 1 fully saturated rings.